The molecule has 0 aliphatic carbocycles. The van der Waals surface area contributed by atoms with E-state index < -0.39 is 30.6 Å². The van der Waals surface area contributed by atoms with Gasteiger partial charge in [0.25, 0.3) is 0 Å². The Balaban J connectivity index is 2.89. The zero-order valence-corrected chi connectivity index (χ0v) is 10.2. The van der Waals surface area contributed by atoms with Crippen LogP contribution in [0.15, 0.2) is 0 Å². The maximum absolute atomic E-state index is 12.7. The average Bonchev–Trinajstić information content (AvgIpc) is 2.23. The van der Waals surface area contributed by atoms with Crippen molar-refractivity contribution in [2.45, 2.75) is 32.1 Å². The summed E-state index contributed by atoms with van der Waals surface area (Å²) in [6.45, 7) is 2.60. The maximum atomic E-state index is 12.7. The van der Waals surface area contributed by atoms with Crippen LogP contribution in [0.5, 0.6) is 0 Å². The van der Waals surface area contributed by atoms with Crippen LogP contribution in [0.2, 0.25) is 0 Å². The second kappa shape index (κ2) is 5.13. The van der Waals surface area contributed by atoms with Crippen LogP contribution in [0.3, 0.4) is 0 Å². The fourth-order valence-electron chi connectivity index (χ4n) is 1.89. The Kier molecular flexibility index (Phi) is 4.20. The number of carbonyl (C=O) groups is 2. The van der Waals surface area contributed by atoms with Gasteiger partial charge in [0.15, 0.2) is 0 Å². The van der Waals surface area contributed by atoms with E-state index in [-0.39, 0.29) is 19.1 Å². The number of hydrogen-bond acceptors (Lipinski definition) is 3. The smallest absolute Gasteiger partial charge is 0.330 e. The van der Waals surface area contributed by atoms with Gasteiger partial charge in [-0.1, -0.05) is 0 Å². The molecule has 0 radical (unpaired) electrons. The minimum atomic E-state index is -4.62. The molecule has 1 aliphatic heterocycles. The number of halogens is 3. The lowest BCUT2D eigenvalue weighted by Gasteiger charge is -2.39. The number of piperazine rings is 1. The molecule has 1 saturated heterocycles. The monoisotopic (exact) mass is 267 g/mol. The number of carbonyl (C=O) groups excluding carboxylic acids is 2. The Morgan fingerprint density at radius 3 is 2.00 bits per heavy atom. The summed E-state index contributed by atoms with van der Waals surface area (Å²) in [4.78, 5) is 25.1. The van der Waals surface area contributed by atoms with Crippen molar-refractivity contribution >= 4 is 11.8 Å². The number of hydrogen-bond donors (Lipinski definition) is 1. The molecule has 2 N–H and O–H groups in total. The van der Waals surface area contributed by atoms with E-state index in [1.807, 2.05) is 0 Å². The number of nitrogens with two attached hydrogens (primary N) is 1. The van der Waals surface area contributed by atoms with E-state index in [0.717, 1.165) is 0 Å². The van der Waals surface area contributed by atoms with Gasteiger partial charge in [0.2, 0.25) is 0 Å². The van der Waals surface area contributed by atoms with E-state index in [9.17, 15) is 22.8 Å². The minimum Gasteiger partial charge on any atom is -0.330 e. The Morgan fingerprint density at radius 1 is 1.17 bits per heavy atom. The van der Waals surface area contributed by atoms with Gasteiger partial charge in [-0.05, 0) is 13.8 Å². The Hall–Kier alpha value is -1.31. The maximum Gasteiger partial charge on any atom is 0.410 e. The largest absolute Gasteiger partial charge is 0.410 e. The molecule has 1 unspecified atom stereocenters. The zero-order valence-electron chi connectivity index (χ0n) is 10.2. The summed E-state index contributed by atoms with van der Waals surface area (Å²) in [6, 6.07) is -2.31. The van der Waals surface area contributed by atoms with Crippen molar-refractivity contribution in [1.82, 2.24) is 9.80 Å². The van der Waals surface area contributed by atoms with Crippen molar-refractivity contribution in [2.24, 2.45) is 5.73 Å². The second-order valence-electron chi connectivity index (χ2n) is 4.38. The van der Waals surface area contributed by atoms with Crippen LogP contribution < -0.4 is 5.73 Å². The molecular formula is C10H16F3N3O2. The standard InChI is InChI=1S/C10H16F3N3O2/c1-6(2)15-3-4-16(9(18)8(15)17)7(5-14)10(11,12)13/h6-7H,3-5,14H2,1-2H3. The highest BCUT2D eigenvalue weighted by Crippen LogP contribution is 2.26. The third kappa shape index (κ3) is 2.74. The predicted molar refractivity (Wildman–Crippen MR) is 57.5 cm³/mol. The highest BCUT2D eigenvalue weighted by Gasteiger charge is 2.48. The second-order valence-corrected chi connectivity index (χ2v) is 4.38. The Labute approximate surface area is 103 Å². The van der Waals surface area contributed by atoms with E-state index in [1.165, 1.54) is 4.90 Å². The third-order valence-electron chi connectivity index (χ3n) is 2.89. The predicted octanol–water partition coefficient (Wildman–Crippen LogP) is -0.0448. The van der Waals surface area contributed by atoms with E-state index >= 15 is 0 Å². The van der Waals surface area contributed by atoms with Gasteiger partial charge in [0, 0.05) is 25.7 Å². The molecule has 1 fully saturated rings. The molecule has 8 heteroatoms. The van der Waals surface area contributed by atoms with E-state index in [1.54, 1.807) is 13.8 Å². The van der Waals surface area contributed by atoms with Crippen molar-refractivity contribution in [2.75, 3.05) is 19.6 Å². The van der Waals surface area contributed by atoms with Gasteiger partial charge in [-0.3, -0.25) is 9.59 Å². The zero-order chi connectivity index (χ0) is 14.1. The van der Waals surface area contributed by atoms with Crippen molar-refractivity contribution < 1.29 is 22.8 Å². The van der Waals surface area contributed by atoms with Crippen LogP contribution in [-0.4, -0.2) is 59.5 Å². The van der Waals surface area contributed by atoms with Gasteiger partial charge in [-0.2, -0.15) is 13.2 Å². The molecule has 1 atom stereocenters. The molecule has 0 bridgehead atoms. The van der Waals surface area contributed by atoms with E-state index in [2.05, 4.69) is 0 Å². The average molecular weight is 267 g/mol. The van der Waals surface area contributed by atoms with Crippen molar-refractivity contribution in [1.29, 1.82) is 0 Å². The van der Waals surface area contributed by atoms with Crippen molar-refractivity contribution in [3.8, 4) is 0 Å². The summed E-state index contributed by atoms with van der Waals surface area (Å²) in [6.07, 6.45) is -4.62. The van der Waals surface area contributed by atoms with Crippen LogP contribution in [0.4, 0.5) is 13.2 Å². The first-order valence-corrected chi connectivity index (χ1v) is 5.58. The van der Waals surface area contributed by atoms with Crippen LogP contribution in [-0.2, 0) is 9.59 Å². The van der Waals surface area contributed by atoms with Gasteiger partial charge in [0.1, 0.15) is 6.04 Å². The van der Waals surface area contributed by atoms with Crippen LogP contribution in [0.25, 0.3) is 0 Å². The van der Waals surface area contributed by atoms with Gasteiger partial charge in [0.05, 0.1) is 0 Å². The summed E-state index contributed by atoms with van der Waals surface area (Å²) in [5.41, 5.74) is 5.05. The topological polar surface area (TPSA) is 66.6 Å². The quantitative estimate of drug-likeness (QED) is 0.729. The molecule has 0 saturated carbocycles. The van der Waals surface area contributed by atoms with Crippen molar-refractivity contribution in [3.05, 3.63) is 0 Å². The summed E-state index contributed by atoms with van der Waals surface area (Å²) >= 11 is 0. The SMILES string of the molecule is CC(C)N1CCN(C(CN)C(F)(F)F)C(=O)C1=O. The third-order valence-corrected chi connectivity index (χ3v) is 2.89. The lowest BCUT2D eigenvalue weighted by atomic mass is 10.1. The molecule has 18 heavy (non-hydrogen) atoms. The van der Waals surface area contributed by atoms with Gasteiger partial charge in [-0.15, -0.1) is 0 Å². The van der Waals surface area contributed by atoms with Crippen LogP contribution in [0.1, 0.15) is 13.8 Å². The van der Waals surface area contributed by atoms with Gasteiger partial charge >= 0.3 is 18.0 Å². The highest BCUT2D eigenvalue weighted by molar-refractivity contribution is 6.35. The highest BCUT2D eigenvalue weighted by atomic mass is 19.4. The first-order valence-electron chi connectivity index (χ1n) is 5.58. The Bertz CT molecular complexity index is 344. The normalized spacial score (nSPS) is 19.7. The van der Waals surface area contributed by atoms with Crippen LogP contribution >= 0.6 is 0 Å². The summed E-state index contributed by atoms with van der Waals surface area (Å²) in [5.74, 6) is -2.04. The van der Waals surface area contributed by atoms with Crippen LogP contribution in [0, 0.1) is 0 Å². The number of alkyl halides is 3. The molecule has 1 rings (SSSR count). The molecule has 104 valence electrons. The number of rotatable bonds is 3. The summed E-state index contributed by atoms with van der Waals surface area (Å²) in [5, 5.41) is 0. The van der Waals surface area contributed by atoms with Gasteiger partial charge < -0.3 is 15.5 Å². The summed E-state index contributed by atoms with van der Waals surface area (Å²) in [7, 11) is 0. The molecular weight excluding hydrogens is 251 g/mol. The molecule has 1 aliphatic rings. The van der Waals surface area contributed by atoms with Gasteiger partial charge in [-0.25, -0.2) is 0 Å². The minimum absolute atomic E-state index is 0.0921. The molecule has 0 aromatic rings. The fraction of sp³-hybridized carbons (Fsp3) is 0.800. The first-order chi connectivity index (χ1) is 8.20. The Morgan fingerprint density at radius 2 is 1.61 bits per heavy atom. The van der Waals surface area contributed by atoms with E-state index in [0.29, 0.717) is 4.90 Å². The summed E-state index contributed by atoms with van der Waals surface area (Å²) < 4.78 is 38.0. The number of amides is 2. The van der Waals surface area contributed by atoms with E-state index in [4.69, 9.17) is 5.73 Å². The molecule has 2 amide bonds. The first kappa shape index (κ1) is 14.7. The molecule has 0 aromatic heterocycles. The molecule has 5 nitrogen and oxygen atoms in total. The number of nitrogens with zero attached hydrogens (tertiary/aromatic N) is 2. The van der Waals surface area contributed by atoms with Crippen molar-refractivity contribution in [3.63, 3.8) is 0 Å². The molecule has 1 heterocycles. The molecule has 0 aromatic carbocycles. The lowest BCUT2D eigenvalue weighted by Crippen LogP contribution is -2.63. The molecule has 0 spiro atoms. The lowest BCUT2D eigenvalue weighted by molar-refractivity contribution is -0.193. The fourth-order valence-corrected chi connectivity index (χ4v) is 1.89.